The minimum Gasteiger partial charge on any atom is -0.394 e. The lowest BCUT2D eigenvalue weighted by Crippen LogP contribution is -2.42. The van der Waals surface area contributed by atoms with Gasteiger partial charge in [-0.05, 0) is 43.2 Å². The van der Waals surface area contributed by atoms with Gasteiger partial charge in [0.25, 0.3) is 5.56 Å². The van der Waals surface area contributed by atoms with Gasteiger partial charge in [0.05, 0.1) is 42.7 Å². The van der Waals surface area contributed by atoms with Crippen LogP contribution in [0.3, 0.4) is 0 Å². The van der Waals surface area contributed by atoms with Crippen molar-refractivity contribution in [3.05, 3.63) is 70.1 Å². The van der Waals surface area contributed by atoms with Crippen LogP contribution in [0.15, 0.2) is 59.5 Å². The Morgan fingerprint density at radius 3 is 2.85 bits per heavy atom. The summed E-state index contributed by atoms with van der Waals surface area (Å²) in [7, 11) is 0. The topological polar surface area (TPSA) is 149 Å². The summed E-state index contributed by atoms with van der Waals surface area (Å²) in [5.74, 6) is -0.992. The molecule has 2 aromatic heterocycles. The average molecular weight is 486 g/mol. The number of hydrogen-bond donors (Lipinski definition) is 4. The molecule has 2 amide bonds. The lowest BCUT2D eigenvalue weighted by Gasteiger charge is -2.18. The van der Waals surface area contributed by atoms with E-state index < -0.39 is 17.9 Å². The van der Waals surface area contributed by atoms with Crippen LogP contribution in [0, 0.1) is 0 Å². The molecule has 11 heteroatoms. The van der Waals surface area contributed by atoms with Crippen LogP contribution in [-0.2, 0) is 20.9 Å². The minimum atomic E-state index is -0.700. The SMILES string of the molecule is NC(=O)/C=C/CC[C@H](NCOCCO)C(=O)Nc1cccn(Cc2nc3ccccc3s2)c1=O. The van der Waals surface area contributed by atoms with Crippen molar-refractivity contribution < 1.29 is 19.4 Å². The van der Waals surface area contributed by atoms with Crippen molar-refractivity contribution in [2.45, 2.75) is 25.4 Å². The molecule has 0 spiro atoms. The number of amides is 2. The first kappa shape index (κ1) is 25.2. The van der Waals surface area contributed by atoms with E-state index >= 15 is 0 Å². The Hall–Kier alpha value is -3.38. The zero-order chi connectivity index (χ0) is 24.3. The molecule has 1 aromatic carbocycles. The van der Waals surface area contributed by atoms with Crippen molar-refractivity contribution in [1.82, 2.24) is 14.9 Å². The Labute approximate surface area is 200 Å². The van der Waals surface area contributed by atoms with Crippen molar-refractivity contribution in [3.63, 3.8) is 0 Å². The van der Waals surface area contributed by atoms with Crippen LogP contribution < -0.4 is 21.9 Å². The quantitative estimate of drug-likeness (QED) is 0.161. The average Bonchev–Trinajstić information content (AvgIpc) is 3.23. The van der Waals surface area contributed by atoms with Crippen LogP contribution in [0.4, 0.5) is 5.69 Å². The molecule has 5 N–H and O–H groups in total. The van der Waals surface area contributed by atoms with Crippen molar-refractivity contribution >= 4 is 39.1 Å². The Bertz CT molecular complexity index is 1170. The molecular formula is C23H27N5O5S. The summed E-state index contributed by atoms with van der Waals surface area (Å²) in [5.41, 5.74) is 5.76. The first-order valence-electron chi connectivity index (χ1n) is 10.7. The Balaban J connectivity index is 1.69. The number of para-hydroxylation sites is 1. The van der Waals surface area contributed by atoms with Crippen molar-refractivity contribution in [3.8, 4) is 0 Å². The molecule has 3 rings (SSSR count). The van der Waals surface area contributed by atoms with E-state index in [1.165, 1.54) is 22.0 Å². The number of allylic oxidation sites excluding steroid dienone is 1. The molecule has 3 aromatic rings. The fourth-order valence-corrected chi connectivity index (χ4v) is 4.16. The number of nitrogens with zero attached hydrogens (tertiary/aromatic N) is 2. The van der Waals surface area contributed by atoms with Gasteiger partial charge in [-0.25, -0.2) is 4.98 Å². The number of primary amides is 1. The first-order chi connectivity index (χ1) is 16.5. The van der Waals surface area contributed by atoms with E-state index in [2.05, 4.69) is 15.6 Å². The number of ether oxygens (including phenoxy) is 1. The smallest absolute Gasteiger partial charge is 0.274 e. The maximum atomic E-state index is 13.0. The number of pyridine rings is 1. The van der Waals surface area contributed by atoms with Crippen LogP contribution >= 0.6 is 11.3 Å². The number of rotatable bonds is 13. The summed E-state index contributed by atoms with van der Waals surface area (Å²) >= 11 is 1.51. The molecule has 0 saturated carbocycles. The third-order valence-corrected chi connectivity index (χ3v) is 5.83. The number of carbonyl (C=O) groups excluding carboxylic acids is 2. The molecule has 0 fully saturated rings. The maximum absolute atomic E-state index is 13.0. The zero-order valence-electron chi connectivity index (χ0n) is 18.5. The third-order valence-electron chi connectivity index (χ3n) is 4.81. The van der Waals surface area contributed by atoms with Crippen LogP contribution in [0.2, 0.25) is 0 Å². The van der Waals surface area contributed by atoms with Gasteiger partial charge in [0.15, 0.2) is 0 Å². The summed E-state index contributed by atoms with van der Waals surface area (Å²) in [6.45, 7) is 0.307. The van der Waals surface area contributed by atoms with Crippen LogP contribution in [-0.4, -0.2) is 52.5 Å². The Morgan fingerprint density at radius 2 is 2.09 bits per heavy atom. The number of hydrogen-bond acceptors (Lipinski definition) is 8. The first-order valence-corrected chi connectivity index (χ1v) is 11.5. The second-order valence-corrected chi connectivity index (χ2v) is 8.45. The van der Waals surface area contributed by atoms with E-state index in [-0.39, 0.29) is 37.7 Å². The zero-order valence-corrected chi connectivity index (χ0v) is 19.3. The van der Waals surface area contributed by atoms with E-state index in [4.69, 9.17) is 15.6 Å². The number of aliphatic hydroxyl groups excluding tert-OH is 1. The van der Waals surface area contributed by atoms with Gasteiger partial charge in [0.2, 0.25) is 11.8 Å². The fourth-order valence-electron chi connectivity index (χ4n) is 3.19. The highest BCUT2D eigenvalue weighted by Gasteiger charge is 2.19. The van der Waals surface area contributed by atoms with E-state index in [1.807, 2.05) is 24.3 Å². The van der Waals surface area contributed by atoms with Gasteiger partial charge in [-0.2, -0.15) is 0 Å². The van der Waals surface area contributed by atoms with Gasteiger partial charge in [-0.3, -0.25) is 19.7 Å². The lowest BCUT2D eigenvalue weighted by molar-refractivity contribution is -0.119. The second kappa shape index (κ2) is 12.8. The van der Waals surface area contributed by atoms with Crippen molar-refractivity contribution in [2.24, 2.45) is 5.73 Å². The Kier molecular flexibility index (Phi) is 9.47. The lowest BCUT2D eigenvalue weighted by atomic mass is 10.1. The molecule has 2 heterocycles. The number of carbonyl (C=O) groups is 2. The number of nitrogens with one attached hydrogen (secondary N) is 2. The highest BCUT2D eigenvalue weighted by molar-refractivity contribution is 7.18. The number of thiazole rings is 1. The van der Waals surface area contributed by atoms with Crippen LogP contribution in [0.5, 0.6) is 0 Å². The predicted molar refractivity (Wildman–Crippen MR) is 130 cm³/mol. The summed E-state index contributed by atoms with van der Waals surface area (Å²) in [5, 5.41) is 15.2. The molecule has 0 aliphatic rings. The van der Waals surface area contributed by atoms with Gasteiger partial charge in [0, 0.05) is 6.20 Å². The molecule has 34 heavy (non-hydrogen) atoms. The number of fused-ring (bicyclic) bond motifs is 1. The molecule has 0 unspecified atom stereocenters. The predicted octanol–water partition coefficient (Wildman–Crippen LogP) is 1.19. The number of anilines is 1. The molecule has 10 nitrogen and oxygen atoms in total. The van der Waals surface area contributed by atoms with Gasteiger partial charge in [-0.15, -0.1) is 11.3 Å². The minimum absolute atomic E-state index is 0.0365. The summed E-state index contributed by atoms with van der Waals surface area (Å²) in [6.07, 6.45) is 5.20. The van der Waals surface area contributed by atoms with Gasteiger partial charge >= 0.3 is 0 Å². The molecule has 1 atom stereocenters. The van der Waals surface area contributed by atoms with E-state index in [0.717, 1.165) is 15.2 Å². The summed E-state index contributed by atoms with van der Waals surface area (Å²) < 4.78 is 7.72. The standard InChI is InChI=1S/C23H27N5O5S/c24-20(30)10-4-2-7-17(25-15-33-13-12-29)22(31)27-18-8-5-11-28(23(18)32)14-21-26-16-6-1-3-9-19(16)34-21/h1,3-6,8-11,17,25,29H,2,7,12-15H2,(H2,24,30)(H,27,31)/b10-4+/t17-/m0/s1. The van der Waals surface area contributed by atoms with Gasteiger partial charge in [0.1, 0.15) is 10.7 Å². The van der Waals surface area contributed by atoms with Gasteiger partial charge < -0.3 is 25.5 Å². The number of aromatic nitrogens is 2. The number of benzene rings is 1. The third kappa shape index (κ3) is 7.32. The summed E-state index contributed by atoms with van der Waals surface area (Å²) in [6, 6.07) is 10.3. The molecule has 0 radical (unpaired) electrons. The summed E-state index contributed by atoms with van der Waals surface area (Å²) in [4.78, 5) is 41.3. The molecule has 0 bridgehead atoms. The molecule has 0 aliphatic heterocycles. The van der Waals surface area contributed by atoms with E-state index in [1.54, 1.807) is 24.4 Å². The van der Waals surface area contributed by atoms with Crippen LogP contribution in [0.25, 0.3) is 10.2 Å². The highest BCUT2D eigenvalue weighted by Crippen LogP contribution is 2.22. The van der Waals surface area contributed by atoms with Gasteiger partial charge in [-0.1, -0.05) is 18.2 Å². The highest BCUT2D eigenvalue weighted by atomic mass is 32.1. The van der Waals surface area contributed by atoms with E-state index in [9.17, 15) is 14.4 Å². The van der Waals surface area contributed by atoms with Crippen molar-refractivity contribution in [2.75, 3.05) is 25.3 Å². The molecule has 0 aliphatic carbocycles. The molecule has 180 valence electrons. The van der Waals surface area contributed by atoms with Crippen LogP contribution in [0.1, 0.15) is 17.8 Å². The monoisotopic (exact) mass is 485 g/mol. The Morgan fingerprint density at radius 1 is 1.26 bits per heavy atom. The normalized spacial score (nSPS) is 12.3. The maximum Gasteiger partial charge on any atom is 0.274 e. The molecular weight excluding hydrogens is 458 g/mol. The number of aliphatic hydroxyl groups is 1. The molecule has 0 saturated heterocycles. The van der Waals surface area contributed by atoms with E-state index in [0.29, 0.717) is 12.8 Å². The second-order valence-electron chi connectivity index (χ2n) is 7.33. The fraction of sp³-hybridized carbons (Fsp3) is 0.304. The number of nitrogens with two attached hydrogens (primary N) is 1. The largest absolute Gasteiger partial charge is 0.394 e. The van der Waals surface area contributed by atoms with Crippen molar-refractivity contribution in [1.29, 1.82) is 0 Å².